The van der Waals surface area contributed by atoms with E-state index >= 15 is 0 Å². The number of aromatic nitrogens is 1. The summed E-state index contributed by atoms with van der Waals surface area (Å²) in [5, 5.41) is 16.0. The zero-order chi connectivity index (χ0) is 20.8. The van der Waals surface area contributed by atoms with Gasteiger partial charge in [0.05, 0.1) is 30.4 Å². The molecule has 2 bridgehead atoms. The first-order valence-corrected chi connectivity index (χ1v) is 11.7. The first-order valence-electron chi connectivity index (χ1n) is 11.3. The number of ether oxygens (including phenoxy) is 1. The fraction of sp³-hybridized carbons (Fsp3) is 0.625. The van der Waals surface area contributed by atoms with E-state index in [-0.39, 0.29) is 5.91 Å². The molecular formula is C24H31ClN2O3. The van der Waals surface area contributed by atoms with Crippen LogP contribution in [-0.4, -0.2) is 40.9 Å². The molecule has 1 aliphatic heterocycles. The van der Waals surface area contributed by atoms with E-state index in [1.165, 1.54) is 38.5 Å². The summed E-state index contributed by atoms with van der Waals surface area (Å²) < 4.78 is 7.15. The molecule has 30 heavy (non-hydrogen) atoms. The van der Waals surface area contributed by atoms with Crippen molar-refractivity contribution in [2.75, 3.05) is 19.8 Å². The minimum Gasteiger partial charge on any atom is -0.383 e. The third-order valence-corrected chi connectivity index (χ3v) is 8.03. The number of rotatable bonds is 6. The van der Waals surface area contributed by atoms with Crippen LogP contribution in [-0.2, 0) is 11.3 Å². The van der Waals surface area contributed by atoms with Crippen molar-refractivity contribution in [3.05, 3.63) is 34.5 Å². The van der Waals surface area contributed by atoms with Crippen LogP contribution in [0.2, 0.25) is 0 Å². The van der Waals surface area contributed by atoms with Crippen LogP contribution in [0.3, 0.4) is 0 Å². The lowest BCUT2D eigenvalue weighted by Gasteiger charge is -2.46. The molecule has 1 aromatic heterocycles. The van der Waals surface area contributed by atoms with Gasteiger partial charge < -0.3 is 19.7 Å². The predicted molar refractivity (Wildman–Crippen MR) is 118 cm³/mol. The van der Waals surface area contributed by atoms with Crippen LogP contribution in [0.25, 0.3) is 11.1 Å². The van der Waals surface area contributed by atoms with E-state index in [9.17, 15) is 9.90 Å². The highest BCUT2D eigenvalue weighted by Gasteiger charge is 2.40. The quantitative estimate of drug-likeness (QED) is 0.728. The van der Waals surface area contributed by atoms with Crippen LogP contribution in [0, 0.1) is 11.3 Å². The van der Waals surface area contributed by atoms with E-state index in [1.54, 1.807) is 0 Å². The van der Waals surface area contributed by atoms with Crippen molar-refractivity contribution in [3.8, 4) is 0 Å². The van der Waals surface area contributed by atoms with E-state index in [4.69, 9.17) is 16.3 Å². The van der Waals surface area contributed by atoms with Crippen LogP contribution in [0.5, 0.6) is 0 Å². The number of hydrogen-bond acceptors (Lipinski definition) is 3. The maximum Gasteiger partial charge on any atom is 0.253 e. The van der Waals surface area contributed by atoms with Crippen molar-refractivity contribution in [1.29, 1.82) is 0 Å². The molecule has 0 unspecified atom stereocenters. The normalized spacial score (nSPS) is 29.0. The molecule has 1 aromatic rings. The molecule has 0 spiro atoms. The summed E-state index contributed by atoms with van der Waals surface area (Å²) in [4.78, 5) is 13.2. The molecule has 0 aromatic carbocycles. The zero-order valence-electron chi connectivity index (χ0n) is 17.5. The zero-order valence-corrected chi connectivity index (χ0v) is 18.2. The molecule has 4 fully saturated rings. The lowest BCUT2D eigenvalue weighted by atomic mass is 9.59. The van der Waals surface area contributed by atoms with Gasteiger partial charge in [-0.15, -0.1) is 0 Å². The van der Waals surface area contributed by atoms with Crippen LogP contribution >= 0.6 is 11.6 Å². The Morgan fingerprint density at radius 3 is 2.67 bits per heavy atom. The van der Waals surface area contributed by atoms with Crippen molar-refractivity contribution in [2.45, 2.75) is 63.5 Å². The minimum absolute atomic E-state index is 0.0791. The van der Waals surface area contributed by atoms with Crippen molar-refractivity contribution < 1.29 is 14.6 Å². The Kier molecular flexibility index (Phi) is 5.32. The molecule has 1 saturated heterocycles. The number of nitrogens with zero attached hydrogens (tertiary/aromatic N) is 1. The van der Waals surface area contributed by atoms with Gasteiger partial charge in [-0.3, -0.25) is 4.79 Å². The number of carbonyl (C=O) groups is 1. The molecule has 0 radical (unpaired) electrons. The van der Waals surface area contributed by atoms with E-state index in [0.29, 0.717) is 42.3 Å². The van der Waals surface area contributed by atoms with Gasteiger partial charge in [0.2, 0.25) is 0 Å². The molecule has 1 amide bonds. The Hall–Kier alpha value is -1.56. The first-order chi connectivity index (χ1) is 14.5. The summed E-state index contributed by atoms with van der Waals surface area (Å²) >= 11 is 6.57. The number of hydrogen-bond donors (Lipinski definition) is 2. The Morgan fingerprint density at radius 1 is 1.27 bits per heavy atom. The standard InChI is InChI=1S/C24H31ClN2O3/c25-19-3-1-2-4-20-21(19)18(13-27(20)14-24(29)15-30-16-24)22(28)26-12-11-23-8-5-17(6-9-23)7-10-23/h1,3-4,13,17,29H,2,5-12,14-16H2,(H,26,28). The second kappa shape index (κ2) is 7.85. The Balaban J connectivity index is 1.36. The van der Waals surface area contributed by atoms with E-state index < -0.39 is 5.60 Å². The number of fused-ring (bicyclic) bond motifs is 4. The molecule has 3 saturated carbocycles. The monoisotopic (exact) mass is 430 g/mol. The molecule has 2 N–H and O–H groups in total. The van der Waals surface area contributed by atoms with Crippen LogP contribution in [0.4, 0.5) is 0 Å². The topological polar surface area (TPSA) is 63.5 Å². The third-order valence-electron chi connectivity index (χ3n) is 7.71. The van der Waals surface area contributed by atoms with Gasteiger partial charge in [0.25, 0.3) is 5.91 Å². The smallest absolute Gasteiger partial charge is 0.253 e. The Morgan fingerprint density at radius 2 is 2.00 bits per heavy atom. The number of amides is 1. The van der Waals surface area contributed by atoms with Gasteiger partial charge in [-0.2, -0.15) is 0 Å². The molecular weight excluding hydrogens is 400 g/mol. The van der Waals surface area contributed by atoms with E-state index in [0.717, 1.165) is 29.3 Å². The van der Waals surface area contributed by atoms with E-state index in [2.05, 4.69) is 11.4 Å². The molecule has 0 atom stereocenters. The van der Waals surface area contributed by atoms with Gasteiger partial charge in [0.15, 0.2) is 0 Å². The minimum atomic E-state index is -0.875. The van der Waals surface area contributed by atoms with Crippen molar-refractivity contribution >= 4 is 28.6 Å². The molecule has 5 aliphatic rings. The first kappa shape index (κ1) is 20.3. The van der Waals surface area contributed by atoms with Gasteiger partial charge in [0.1, 0.15) is 5.60 Å². The van der Waals surface area contributed by atoms with Gasteiger partial charge in [-0.25, -0.2) is 0 Å². The number of nitrogens with one attached hydrogen (secondary N) is 1. The van der Waals surface area contributed by atoms with Crippen molar-refractivity contribution in [2.24, 2.45) is 11.3 Å². The average molecular weight is 431 g/mol. The summed E-state index contributed by atoms with van der Waals surface area (Å²) in [5.74, 6) is 0.874. The number of allylic oxidation sites excluding steroid dienone is 2. The lowest BCUT2D eigenvalue weighted by Crippen LogP contribution is -2.54. The van der Waals surface area contributed by atoms with Gasteiger partial charge in [-0.1, -0.05) is 23.8 Å². The second-order valence-electron chi connectivity index (χ2n) is 9.83. The SMILES string of the molecule is O=C(NCCC12CCC(CC1)CC2)c1cn(CC2(O)COC2)c2c1=C(Cl)C=CCC=2. The van der Waals surface area contributed by atoms with Crippen LogP contribution in [0.1, 0.15) is 61.7 Å². The summed E-state index contributed by atoms with van der Waals surface area (Å²) in [6, 6.07) is 0. The summed E-state index contributed by atoms with van der Waals surface area (Å²) in [6.07, 6.45) is 17.6. The van der Waals surface area contributed by atoms with E-state index in [1.807, 2.05) is 22.9 Å². The number of halogens is 1. The Bertz CT molecular complexity index is 967. The summed E-state index contributed by atoms with van der Waals surface area (Å²) in [5.41, 5.74) is 0.157. The molecule has 4 aliphatic carbocycles. The van der Waals surface area contributed by atoms with Gasteiger partial charge >= 0.3 is 0 Å². The molecule has 162 valence electrons. The summed E-state index contributed by atoms with van der Waals surface area (Å²) in [7, 11) is 0. The number of aliphatic hydroxyl groups is 1. The third kappa shape index (κ3) is 3.76. The average Bonchev–Trinajstić information content (AvgIpc) is 2.97. The molecule has 6 heteroatoms. The van der Waals surface area contributed by atoms with Crippen LogP contribution in [0.15, 0.2) is 18.3 Å². The van der Waals surface area contributed by atoms with Gasteiger partial charge in [-0.05, 0) is 68.8 Å². The molecule has 5 nitrogen and oxygen atoms in total. The second-order valence-corrected chi connectivity index (χ2v) is 10.2. The highest BCUT2D eigenvalue weighted by Crippen LogP contribution is 2.51. The summed E-state index contributed by atoms with van der Waals surface area (Å²) in [6.45, 7) is 1.74. The highest BCUT2D eigenvalue weighted by molar-refractivity contribution is 6.47. The maximum absolute atomic E-state index is 13.2. The maximum atomic E-state index is 13.2. The fourth-order valence-electron chi connectivity index (χ4n) is 5.78. The van der Waals surface area contributed by atoms with Gasteiger partial charge in [0, 0.05) is 23.3 Å². The molecule has 6 rings (SSSR count). The lowest BCUT2D eigenvalue weighted by molar-refractivity contribution is -0.185. The fourth-order valence-corrected chi connectivity index (χ4v) is 6.06. The van der Waals surface area contributed by atoms with Crippen molar-refractivity contribution in [1.82, 2.24) is 9.88 Å². The number of carbonyl (C=O) groups excluding carboxylic acids is 1. The van der Waals surface area contributed by atoms with Crippen LogP contribution < -0.4 is 15.9 Å². The highest BCUT2D eigenvalue weighted by atomic mass is 35.5. The Labute approximate surface area is 182 Å². The largest absolute Gasteiger partial charge is 0.383 e. The molecule has 2 heterocycles. The van der Waals surface area contributed by atoms with Crippen molar-refractivity contribution in [3.63, 3.8) is 0 Å². The predicted octanol–water partition coefficient (Wildman–Crippen LogP) is 2.43.